The smallest absolute Gasteiger partial charge is 0.404 e. The van der Waals surface area contributed by atoms with Gasteiger partial charge in [-0.25, -0.2) is 4.79 Å². The first-order valence-electron chi connectivity index (χ1n) is 4.45. The normalized spacial score (nSPS) is 36.1. The van der Waals surface area contributed by atoms with Crippen LogP contribution in [-0.4, -0.2) is 11.5 Å². The number of halogens is 1. The Labute approximate surface area is 78.2 Å². The van der Waals surface area contributed by atoms with Gasteiger partial charge in [0.2, 0.25) is 0 Å². The van der Waals surface area contributed by atoms with Crippen LogP contribution in [0.3, 0.4) is 0 Å². The van der Waals surface area contributed by atoms with Crippen molar-refractivity contribution in [3.05, 3.63) is 0 Å². The molecule has 70 valence electrons. The Morgan fingerprint density at radius 3 is 2.58 bits per heavy atom. The fourth-order valence-corrected chi connectivity index (χ4v) is 2.05. The number of hydrogen-bond acceptors (Lipinski definition) is 2. The summed E-state index contributed by atoms with van der Waals surface area (Å²) >= 11 is 5.15. The van der Waals surface area contributed by atoms with Crippen LogP contribution in [0.5, 0.6) is 0 Å². The van der Waals surface area contributed by atoms with E-state index in [1.807, 2.05) is 0 Å². The minimum absolute atomic E-state index is 0.0474. The maximum Gasteiger partial charge on any atom is 0.404 e. The zero-order chi connectivity index (χ0) is 9.14. The average Bonchev–Trinajstić information content (AvgIpc) is 1.94. The molecule has 1 aliphatic rings. The third-order valence-corrected chi connectivity index (χ3v) is 2.69. The largest absolute Gasteiger partial charge is 0.450 e. The summed E-state index contributed by atoms with van der Waals surface area (Å²) in [5.41, 5.74) is -0.665. The van der Waals surface area contributed by atoms with Gasteiger partial charge in [-0.05, 0) is 31.1 Å². The predicted octanol–water partition coefficient (Wildman–Crippen LogP) is 3.19. The predicted molar refractivity (Wildman–Crippen MR) is 48.3 cm³/mol. The van der Waals surface area contributed by atoms with Gasteiger partial charge in [0.05, 0.1) is 0 Å². The molecule has 2 nitrogen and oxygen atoms in total. The van der Waals surface area contributed by atoms with E-state index < -0.39 is 5.43 Å². The molecule has 3 atom stereocenters. The van der Waals surface area contributed by atoms with Crippen LogP contribution in [0.2, 0.25) is 0 Å². The third-order valence-electron chi connectivity index (χ3n) is 2.60. The van der Waals surface area contributed by atoms with E-state index in [2.05, 4.69) is 13.8 Å². The van der Waals surface area contributed by atoms with E-state index in [9.17, 15) is 4.79 Å². The van der Waals surface area contributed by atoms with Crippen molar-refractivity contribution in [2.75, 3.05) is 0 Å². The molecule has 1 aliphatic carbocycles. The lowest BCUT2D eigenvalue weighted by molar-refractivity contribution is 0.0461. The van der Waals surface area contributed by atoms with Crippen molar-refractivity contribution in [1.29, 1.82) is 0 Å². The van der Waals surface area contributed by atoms with Crippen molar-refractivity contribution in [2.24, 2.45) is 11.8 Å². The van der Waals surface area contributed by atoms with Gasteiger partial charge in [0.15, 0.2) is 0 Å². The van der Waals surface area contributed by atoms with Gasteiger partial charge in [0.1, 0.15) is 6.10 Å². The Kier molecular flexibility index (Phi) is 3.39. The lowest BCUT2D eigenvalue weighted by atomic mass is 9.81. The molecular formula is C9H15ClO2. The van der Waals surface area contributed by atoms with E-state index in [-0.39, 0.29) is 6.10 Å². The molecule has 0 heterocycles. The Bertz CT molecular complexity index is 170. The zero-order valence-electron chi connectivity index (χ0n) is 7.55. The molecular weight excluding hydrogens is 176 g/mol. The van der Waals surface area contributed by atoms with E-state index in [1.165, 1.54) is 0 Å². The molecule has 1 fully saturated rings. The Morgan fingerprint density at radius 1 is 1.42 bits per heavy atom. The van der Waals surface area contributed by atoms with E-state index >= 15 is 0 Å². The van der Waals surface area contributed by atoms with E-state index in [1.54, 1.807) is 0 Å². The second-order valence-electron chi connectivity index (χ2n) is 3.79. The quantitative estimate of drug-likeness (QED) is 0.594. The van der Waals surface area contributed by atoms with Crippen molar-refractivity contribution >= 4 is 17.0 Å². The minimum atomic E-state index is -0.665. The Balaban J connectivity index is 2.39. The molecule has 1 saturated carbocycles. The van der Waals surface area contributed by atoms with E-state index in [0.717, 1.165) is 25.2 Å². The van der Waals surface area contributed by atoms with Crippen LogP contribution in [0.25, 0.3) is 0 Å². The van der Waals surface area contributed by atoms with Gasteiger partial charge in [-0.3, -0.25) is 0 Å². The van der Waals surface area contributed by atoms with Crippen LogP contribution in [-0.2, 0) is 4.74 Å². The molecule has 0 amide bonds. The molecule has 0 radical (unpaired) electrons. The van der Waals surface area contributed by atoms with Crippen LogP contribution in [0.1, 0.15) is 33.1 Å². The second-order valence-corrected chi connectivity index (χ2v) is 4.10. The highest BCUT2D eigenvalue weighted by atomic mass is 35.5. The standard InChI is InChI=1S/C9H15ClO2/c1-6-3-4-8(7(2)5-6)12-9(10)11/h6-8H,3-5H2,1-2H3. The summed E-state index contributed by atoms with van der Waals surface area (Å²) in [5, 5.41) is 0. The van der Waals surface area contributed by atoms with Gasteiger partial charge in [-0.1, -0.05) is 13.8 Å². The maximum absolute atomic E-state index is 10.5. The van der Waals surface area contributed by atoms with E-state index in [4.69, 9.17) is 16.3 Å². The van der Waals surface area contributed by atoms with Gasteiger partial charge in [0.25, 0.3) is 0 Å². The molecule has 12 heavy (non-hydrogen) atoms. The topological polar surface area (TPSA) is 26.3 Å². The van der Waals surface area contributed by atoms with Crippen LogP contribution < -0.4 is 0 Å². The Morgan fingerprint density at radius 2 is 2.08 bits per heavy atom. The first-order valence-corrected chi connectivity index (χ1v) is 4.83. The molecule has 3 heteroatoms. The van der Waals surface area contributed by atoms with Gasteiger partial charge in [-0.15, -0.1) is 0 Å². The van der Waals surface area contributed by atoms with Crippen molar-refractivity contribution in [3.8, 4) is 0 Å². The fourth-order valence-electron chi connectivity index (χ4n) is 1.93. The summed E-state index contributed by atoms with van der Waals surface area (Å²) in [7, 11) is 0. The summed E-state index contributed by atoms with van der Waals surface area (Å²) in [6.45, 7) is 4.34. The highest BCUT2D eigenvalue weighted by molar-refractivity contribution is 6.61. The molecule has 0 bridgehead atoms. The first kappa shape index (κ1) is 9.85. The van der Waals surface area contributed by atoms with Crippen molar-refractivity contribution in [3.63, 3.8) is 0 Å². The van der Waals surface area contributed by atoms with Crippen LogP contribution in [0.15, 0.2) is 0 Å². The molecule has 0 spiro atoms. The molecule has 0 aromatic heterocycles. The fraction of sp³-hybridized carbons (Fsp3) is 0.889. The highest BCUT2D eigenvalue weighted by Crippen LogP contribution is 2.30. The van der Waals surface area contributed by atoms with Crippen LogP contribution in [0, 0.1) is 11.8 Å². The molecule has 0 saturated heterocycles. The lowest BCUT2D eigenvalue weighted by Crippen LogP contribution is -2.29. The zero-order valence-corrected chi connectivity index (χ0v) is 8.30. The van der Waals surface area contributed by atoms with Gasteiger partial charge in [-0.2, -0.15) is 0 Å². The van der Waals surface area contributed by atoms with Gasteiger partial charge < -0.3 is 4.74 Å². The minimum Gasteiger partial charge on any atom is -0.450 e. The molecule has 0 aromatic rings. The number of rotatable bonds is 1. The summed E-state index contributed by atoms with van der Waals surface area (Å²) < 4.78 is 4.98. The first-order chi connectivity index (χ1) is 5.59. The summed E-state index contributed by atoms with van der Waals surface area (Å²) in [4.78, 5) is 10.5. The third kappa shape index (κ3) is 2.67. The second kappa shape index (κ2) is 4.13. The highest BCUT2D eigenvalue weighted by Gasteiger charge is 2.27. The maximum atomic E-state index is 10.5. The number of hydrogen-bond donors (Lipinski definition) is 0. The summed E-state index contributed by atoms with van der Waals surface area (Å²) in [5.74, 6) is 1.21. The molecule has 1 rings (SSSR count). The van der Waals surface area contributed by atoms with Crippen molar-refractivity contribution in [1.82, 2.24) is 0 Å². The molecule has 0 aliphatic heterocycles. The number of ether oxygens (including phenoxy) is 1. The molecule has 3 unspecified atom stereocenters. The van der Waals surface area contributed by atoms with Gasteiger partial charge >= 0.3 is 5.43 Å². The van der Waals surface area contributed by atoms with Crippen LogP contribution >= 0.6 is 11.6 Å². The monoisotopic (exact) mass is 190 g/mol. The lowest BCUT2D eigenvalue weighted by Gasteiger charge is -2.31. The molecule has 0 N–H and O–H groups in total. The Hall–Kier alpha value is -0.240. The summed E-state index contributed by atoms with van der Waals surface area (Å²) in [6, 6.07) is 0. The number of carbonyl (C=O) groups is 1. The SMILES string of the molecule is CC1CCC(OC(=O)Cl)C(C)C1. The van der Waals surface area contributed by atoms with Crippen molar-refractivity contribution in [2.45, 2.75) is 39.2 Å². The molecule has 0 aromatic carbocycles. The van der Waals surface area contributed by atoms with Gasteiger partial charge in [0, 0.05) is 11.6 Å². The van der Waals surface area contributed by atoms with Crippen molar-refractivity contribution < 1.29 is 9.53 Å². The summed E-state index contributed by atoms with van der Waals surface area (Å²) in [6.07, 6.45) is 3.28. The number of carbonyl (C=O) groups excluding carboxylic acids is 1. The van der Waals surface area contributed by atoms with E-state index in [0.29, 0.717) is 5.92 Å². The average molecular weight is 191 g/mol. The van der Waals surface area contributed by atoms with Crippen LogP contribution in [0.4, 0.5) is 4.79 Å².